The molecule has 1 saturated carbocycles. The topological polar surface area (TPSA) is 162 Å². The first kappa shape index (κ1) is 43.5. The van der Waals surface area contributed by atoms with E-state index >= 15 is 8.78 Å². The Kier molecular flexibility index (Phi) is 10.1. The van der Waals surface area contributed by atoms with Gasteiger partial charge in [0.25, 0.3) is 15.9 Å². The van der Waals surface area contributed by atoms with E-state index in [4.69, 9.17) is 4.98 Å². The van der Waals surface area contributed by atoms with Crippen LogP contribution in [0.4, 0.5) is 36.6 Å². The molecule has 1 amide bonds. The van der Waals surface area contributed by atoms with Crippen molar-refractivity contribution >= 4 is 43.6 Å². The van der Waals surface area contributed by atoms with E-state index in [0.29, 0.717) is 38.1 Å². The molecule has 13 nitrogen and oxygen atoms in total. The predicted octanol–water partition coefficient (Wildman–Crippen LogP) is 7.25. The van der Waals surface area contributed by atoms with E-state index in [9.17, 15) is 40.3 Å². The van der Waals surface area contributed by atoms with Crippen LogP contribution in [-0.2, 0) is 54.0 Å². The monoisotopic (exact) mass is 919 g/mol. The molecule has 4 aromatic heterocycles. The summed E-state index contributed by atoms with van der Waals surface area (Å²) in [7, 11) is -1.06. The number of aliphatic hydroxyl groups is 1. The summed E-state index contributed by atoms with van der Waals surface area (Å²) in [6.07, 6.45) is -4.23. The summed E-state index contributed by atoms with van der Waals surface area (Å²) in [6, 6.07) is 13.8. The number of nitrogens with zero attached hydrogens (tertiary/aromatic N) is 7. The Hall–Kier alpha value is -6.79. The van der Waals surface area contributed by atoms with Gasteiger partial charge in [0.2, 0.25) is 5.91 Å². The Balaban J connectivity index is 1.16. The van der Waals surface area contributed by atoms with Gasteiger partial charge in [0.05, 0.1) is 33.9 Å². The number of aromatic nitrogens is 7. The second kappa shape index (κ2) is 15.2. The van der Waals surface area contributed by atoms with Crippen LogP contribution in [0.5, 0.6) is 0 Å². The van der Waals surface area contributed by atoms with Gasteiger partial charge in [-0.15, -0.1) is 0 Å². The standard InChI is InChI=1S/C44H36F7N9O4S/c1-42(2,62)14-13-25-11-12-26(27-7-5-8-28-38(27)59(4)56-41(28)57-65(63,64)34-10-6-9-33-30(34)20-52-58(33)3)37(53-25)32(17-22-15-23(45)18-24(46)16-22)54-35(61)21-60-40-36(39(55-60)44(49,50)51)29-19-31(29)43(40,47)48/h5-12,15-16,18,20,29,31-32,62H,17,19,21H2,1-4H3,(H,54,61)(H,56,57)/t29-,31+,32-/m0/s1. The summed E-state index contributed by atoms with van der Waals surface area (Å²) in [5, 5.41) is 25.9. The van der Waals surface area contributed by atoms with E-state index in [-0.39, 0.29) is 39.6 Å². The fourth-order valence-corrected chi connectivity index (χ4v) is 9.82. The van der Waals surface area contributed by atoms with E-state index < -0.39 is 93.1 Å². The number of carbonyl (C=O) groups excluding carboxylic acids is 1. The molecule has 65 heavy (non-hydrogen) atoms. The quantitative estimate of drug-likeness (QED) is 0.0956. The Morgan fingerprint density at radius 1 is 0.969 bits per heavy atom. The van der Waals surface area contributed by atoms with Crippen molar-refractivity contribution in [1.82, 2.24) is 39.6 Å². The number of anilines is 1. The lowest BCUT2D eigenvalue weighted by atomic mass is 9.93. The summed E-state index contributed by atoms with van der Waals surface area (Å²) >= 11 is 0. The number of hydrogen-bond acceptors (Lipinski definition) is 8. The van der Waals surface area contributed by atoms with Crippen LogP contribution in [0, 0.1) is 29.4 Å². The molecule has 21 heteroatoms. The lowest BCUT2D eigenvalue weighted by Crippen LogP contribution is -2.35. The molecular formula is C44H36F7N9O4S. The molecule has 0 saturated heterocycles. The van der Waals surface area contributed by atoms with Crippen molar-refractivity contribution in [3.05, 3.63) is 118 Å². The van der Waals surface area contributed by atoms with Crippen molar-refractivity contribution in [2.24, 2.45) is 20.0 Å². The van der Waals surface area contributed by atoms with Crippen LogP contribution in [0.25, 0.3) is 32.9 Å². The lowest BCUT2D eigenvalue weighted by Gasteiger charge is -2.23. The van der Waals surface area contributed by atoms with Crippen LogP contribution in [0.3, 0.4) is 0 Å². The van der Waals surface area contributed by atoms with Gasteiger partial charge in [-0.05, 0) is 86.6 Å². The van der Waals surface area contributed by atoms with E-state index in [0.717, 1.165) is 12.1 Å². The number of amides is 1. The van der Waals surface area contributed by atoms with Crippen molar-refractivity contribution in [1.29, 1.82) is 0 Å². The number of aryl methyl sites for hydroxylation is 2. The summed E-state index contributed by atoms with van der Waals surface area (Å²) in [6.45, 7) is 1.75. The van der Waals surface area contributed by atoms with Gasteiger partial charge in [0, 0.05) is 53.5 Å². The number of halogens is 7. The molecule has 7 aromatic rings. The molecule has 3 atom stereocenters. The van der Waals surface area contributed by atoms with Crippen molar-refractivity contribution in [2.45, 2.75) is 67.8 Å². The van der Waals surface area contributed by atoms with Gasteiger partial charge < -0.3 is 10.4 Å². The fraction of sp³-hybridized carbons (Fsp3) is 0.295. The molecule has 0 bridgehead atoms. The molecule has 0 radical (unpaired) electrons. The number of pyridine rings is 1. The predicted molar refractivity (Wildman–Crippen MR) is 222 cm³/mol. The molecule has 4 heterocycles. The van der Waals surface area contributed by atoms with Gasteiger partial charge in [-0.25, -0.2) is 22.2 Å². The van der Waals surface area contributed by atoms with Crippen molar-refractivity contribution < 1.29 is 49.1 Å². The molecule has 3 N–H and O–H groups in total. The number of para-hydroxylation sites is 1. The zero-order valence-corrected chi connectivity index (χ0v) is 35.5. The van der Waals surface area contributed by atoms with Crippen LogP contribution in [-0.4, -0.2) is 59.4 Å². The Bertz CT molecular complexity index is 3270. The first-order chi connectivity index (χ1) is 30.5. The minimum absolute atomic E-state index is 0.00133. The number of hydrogen-bond donors (Lipinski definition) is 3. The summed E-state index contributed by atoms with van der Waals surface area (Å²) in [5.41, 5.74) is -3.11. The number of alkyl halides is 5. The van der Waals surface area contributed by atoms with Crippen LogP contribution in [0.15, 0.2) is 77.8 Å². The maximum Gasteiger partial charge on any atom is 0.435 e. The Morgan fingerprint density at radius 2 is 1.69 bits per heavy atom. The van der Waals surface area contributed by atoms with Gasteiger partial charge in [0.1, 0.15) is 35.2 Å². The summed E-state index contributed by atoms with van der Waals surface area (Å²) in [5.74, 6) is -3.82. The fourth-order valence-electron chi connectivity index (χ4n) is 8.60. The highest BCUT2D eigenvalue weighted by atomic mass is 32.2. The molecule has 1 fully saturated rings. The van der Waals surface area contributed by atoms with Crippen LogP contribution >= 0.6 is 0 Å². The average Bonchev–Trinajstić information content (AvgIpc) is 3.54. The van der Waals surface area contributed by atoms with Gasteiger partial charge in [-0.2, -0.15) is 37.2 Å². The third kappa shape index (κ3) is 7.94. The lowest BCUT2D eigenvalue weighted by molar-refractivity contribution is -0.142. The second-order valence-corrected chi connectivity index (χ2v) is 18.3. The van der Waals surface area contributed by atoms with Gasteiger partial charge in [-0.3, -0.25) is 23.6 Å². The number of benzene rings is 3. The molecule has 2 aliphatic rings. The Labute approximate surface area is 365 Å². The van der Waals surface area contributed by atoms with Crippen LogP contribution < -0.4 is 10.0 Å². The smallest absolute Gasteiger partial charge is 0.378 e. The maximum atomic E-state index is 15.5. The molecule has 3 aromatic carbocycles. The van der Waals surface area contributed by atoms with Gasteiger partial charge in [-0.1, -0.05) is 24.1 Å². The van der Waals surface area contributed by atoms with E-state index in [1.807, 2.05) is 0 Å². The maximum absolute atomic E-state index is 15.5. The SMILES string of the molecule is Cn1ncc2c(S(=O)(=O)Nc3nn(C)c4c(-c5ccc(C#CC(C)(C)O)nc5[C@H](Cc5cc(F)cc(F)c5)NC(=O)Cn5nc(C(F)(F)F)c6c5C(F)(F)[C@@H]5C[C@H]65)cccc34)cccc21. The number of sulfonamides is 1. The third-order valence-corrected chi connectivity index (χ3v) is 12.8. The van der Waals surface area contributed by atoms with E-state index in [1.165, 1.54) is 41.5 Å². The number of rotatable bonds is 10. The van der Waals surface area contributed by atoms with Crippen molar-refractivity contribution in [3.8, 4) is 23.0 Å². The van der Waals surface area contributed by atoms with Crippen molar-refractivity contribution in [3.63, 3.8) is 0 Å². The zero-order chi connectivity index (χ0) is 46.5. The highest BCUT2D eigenvalue weighted by Gasteiger charge is 2.68. The van der Waals surface area contributed by atoms with Gasteiger partial charge >= 0.3 is 6.18 Å². The molecule has 0 spiro atoms. The first-order valence-electron chi connectivity index (χ1n) is 20.0. The van der Waals surface area contributed by atoms with E-state index in [2.05, 4.69) is 37.2 Å². The average molecular weight is 920 g/mol. The van der Waals surface area contributed by atoms with Crippen LogP contribution in [0.1, 0.15) is 66.1 Å². The largest absolute Gasteiger partial charge is 0.435 e. The molecule has 2 aliphatic carbocycles. The first-order valence-corrected chi connectivity index (χ1v) is 21.4. The number of carbonyl (C=O) groups is 1. The molecular weight excluding hydrogens is 884 g/mol. The number of fused-ring (bicyclic) bond motifs is 5. The zero-order valence-electron chi connectivity index (χ0n) is 34.6. The number of nitrogens with one attached hydrogen (secondary N) is 2. The minimum Gasteiger partial charge on any atom is -0.378 e. The van der Waals surface area contributed by atoms with E-state index in [1.54, 1.807) is 50.5 Å². The Morgan fingerprint density at radius 3 is 2.40 bits per heavy atom. The molecule has 9 rings (SSSR count). The third-order valence-electron chi connectivity index (χ3n) is 11.4. The highest BCUT2D eigenvalue weighted by Crippen LogP contribution is 2.68. The highest BCUT2D eigenvalue weighted by molar-refractivity contribution is 7.93. The summed E-state index contributed by atoms with van der Waals surface area (Å²) in [4.78, 5) is 18.7. The molecule has 336 valence electrons. The normalized spacial score (nSPS) is 17.1. The van der Waals surface area contributed by atoms with Crippen LogP contribution in [0.2, 0.25) is 0 Å². The minimum atomic E-state index is -5.09. The van der Waals surface area contributed by atoms with Crippen molar-refractivity contribution in [2.75, 3.05) is 4.72 Å². The van der Waals surface area contributed by atoms with Gasteiger partial charge in [0.15, 0.2) is 11.5 Å². The second-order valence-electron chi connectivity index (χ2n) is 16.6. The summed E-state index contributed by atoms with van der Waals surface area (Å²) < 4.78 is 137. The molecule has 0 unspecified atom stereocenters. The molecule has 0 aliphatic heterocycles.